The van der Waals surface area contributed by atoms with Crippen molar-refractivity contribution < 1.29 is 14.3 Å². The lowest BCUT2D eigenvalue weighted by atomic mass is 10.5. The molecule has 0 atom stereocenters. The molecule has 0 aromatic heterocycles. The monoisotopic (exact) mass is 216 g/mol. The van der Waals surface area contributed by atoms with Crippen molar-refractivity contribution in [1.82, 2.24) is 10.2 Å². The van der Waals surface area contributed by atoms with Gasteiger partial charge in [-0.3, -0.25) is 0 Å². The standard InChI is InChI=1S/C10H20N2O3/c1-5-9(14-4)8-15-10(13)12(3)7-6-11-2/h5,11H,6-8H2,1-4H3/b9-5+. The Morgan fingerprint density at radius 1 is 1.53 bits per heavy atom. The number of amides is 1. The van der Waals surface area contributed by atoms with Crippen molar-refractivity contribution in [3.63, 3.8) is 0 Å². The van der Waals surface area contributed by atoms with Gasteiger partial charge in [0.15, 0.2) is 0 Å². The van der Waals surface area contributed by atoms with Crippen molar-refractivity contribution in [3.05, 3.63) is 11.8 Å². The highest BCUT2D eigenvalue weighted by Gasteiger charge is 2.09. The zero-order valence-corrected chi connectivity index (χ0v) is 9.87. The summed E-state index contributed by atoms with van der Waals surface area (Å²) in [5.41, 5.74) is 0. The van der Waals surface area contributed by atoms with E-state index in [1.807, 2.05) is 14.0 Å². The Morgan fingerprint density at radius 3 is 2.67 bits per heavy atom. The summed E-state index contributed by atoms with van der Waals surface area (Å²) in [6, 6.07) is 0. The Labute approximate surface area is 91.0 Å². The predicted octanol–water partition coefficient (Wildman–Crippen LogP) is 0.824. The van der Waals surface area contributed by atoms with Gasteiger partial charge in [-0.1, -0.05) is 0 Å². The number of nitrogens with zero attached hydrogens (tertiary/aromatic N) is 1. The number of hydrogen-bond acceptors (Lipinski definition) is 4. The Bertz CT molecular complexity index is 217. The molecule has 0 fully saturated rings. The molecule has 0 aliphatic rings. The second-order valence-corrected chi connectivity index (χ2v) is 3.04. The maximum atomic E-state index is 11.4. The van der Waals surface area contributed by atoms with Crippen molar-refractivity contribution in [2.75, 3.05) is 40.9 Å². The van der Waals surface area contributed by atoms with Gasteiger partial charge in [0.1, 0.15) is 12.4 Å². The molecule has 0 spiro atoms. The van der Waals surface area contributed by atoms with Crippen LogP contribution in [-0.4, -0.2) is 51.9 Å². The number of rotatable bonds is 6. The summed E-state index contributed by atoms with van der Waals surface area (Å²) < 4.78 is 9.97. The maximum Gasteiger partial charge on any atom is 0.409 e. The van der Waals surface area contributed by atoms with E-state index in [0.717, 1.165) is 6.54 Å². The van der Waals surface area contributed by atoms with Gasteiger partial charge in [-0.15, -0.1) is 0 Å². The van der Waals surface area contributed by atoms with Crippen LogP contribution in [0.3, 0.4) is 0 Å². The van der Waals surface area contributed by atoms with E-state index in [2.05, 4.69) is 5.32 Å². The first-order chi connectivity index (χ1) is 7.15. The van der Waals surface area contributed by atoms with Gasteiger partial charge in [-0.25, -0.2) is 4.79 Å². The highest BCUT2D eigenvalue weighted by atomic mass is 16.6. The molecule has 1 N–H and O–H groups in total. The SMILES string of the molecule is C/C=C(\COC(=O)N(C)CCNC)OC. The molecule has 0 saturated heterocycles. The molecule has 0 unspecified atom stereocenters. The van der Waals surface area contributed by atoms with Crippen LogP contribution in [0.2, 0.25) is 0 Å². The van der Waals surface area contributed by atoms with E-state index in [0.29, 0.717) is 12.3 Å². The van der Waals surface area contributed by atoms with E-state index in [-0.39, 0.29) is 12.7 Å². The van der Waals surface area contributed by atoms with Gasteiger partial charge >= 0.3 is 6.09 Å². The summed E-state index contributed by atoms with van der Waals surface area (Å²) in [6.07, 6.45) is 1.42. The lowest BCUT2D eigenvalue weighted by molar-refractivity contribution is 0.103. The Kier molecular flexibility index (Phi) is 7.44. The Balaban J connectivity index is 3.82. The largest absolute Gasteiger partial charge is 0.498 e. The average molecular weight is 216 g/mol. The van der Waals surface area contributed by atoms with Gasteiger partial charge in [0, 0.05) is 20.1 Å². The minimum absolute atomic E-state index is 0.176. The molecular weight excluding hydrogens is 196 g/mol. The normalized spacial score (nSPS) is 11.1. The highest BCUT2D eigenvalue weighted by Crippen LogP contribution is 1.98. The van der Waals surface area contributed by atoms with Crippen molar-refractivity contribution in [2.24, 2.45) is 0 Å². The Morgan fingerprint density at radius 2 is 2.20 bits per heavy atom. The van der Waals surface area contributed by atoms with Crippen LogP contribution in [0.25, 0.3) is 0 Å². The zero-order chi connectivity index (χ0) is 11.7. The van der Waals surface area contributed by atoms with Gasteiger partial charge < -0.3 is 19.7 Å². The lowest BCUT2D eigenvalue weighted by Crippen LogP contribution is -2.33. The average Bonchev–Trinajstić information content (AvgIpc) is 2.26. The smallest absolute Gasteiger partial charge is 0.409 e. The van der Waals surface area contributed by atoms with E-state index < -0.39 is 0 Å². The third-order valence-electron chi connectivity index (χ3n) is 1.93. The molecule has 0 radical (unpaired) electrons. The van der Waals surface area contributed by atoms with Crippen molar-refractivity contribution in [2.45, 2.75) is 6.92 Å². The molecule has 15 heavy (non-hydrogen) atoms. The molecule has 0 aliphatic carbocycles. The number of methoxy groups -OCH3 is 1. The number of carbonyl (C=O) groups excluding carboxylic acids is 1. The minimum atomic E-state index is -0.346. The summed E-state index contributed by atoms with van der Waals surface area (Å²) in [7, 11) is 5.08. The fourth-order valence-electron chi connectivity index (χ4n) is 0.874. The second-order valence-electron chi connectivity index (χ2n) is 3.04. The van der Waals surface area contributed by atoms with Crippen LogP contribution in [0.5, 0.6) is 0 Å². The van der Waals surface area contributed by atoms with Gasteiger partial charge in [0.05, 0.1) is 7.11 Å². The van der Waals surface area contributed by atoms with E-state index in [1.165, 1.54) is 4.90 Å². The summed E-state index contributed by atoms with van der Waals surface area (Å²) in [5, 5.41) is 2.96. The summed E-state index contributed by atoms with van der Waals surface area (Å²) >= 11 is 0. The van der Waals surface area contributed by atoms with Crippen LogP contribution in [0.4, 0.5) is 4.79 Å². The first kappa shape index (κ1) is 13.8. The summed E-state index contributed by atoms with van der Waals surface area (Å²) in [5.74, 6) is 0.644. The second kappa shape index (κ2) is 8.11. The third kappa shape index (κ3) is 5.96. The van der Waals surface area contributed by atoms with Gasteiger partial charge in [-0.05, 0) is 20.0 Å². The minimum Gasteiger partial charge on any atom is -0.498 e. The van der Waals surface area contributed by atoms with E-state index >= 15 is 0 Å². The first-order valence-corrected chi connectivity index (χ1v) is 4.87. The van der Waals surface area contributed by atoms with Crippen LogP contribution in [0.1, 0.15) is 6.92 Å². The predicted molar refractivity (Wildman–Crippen MR) is 58.7 cm³/mol. The van der Waals surface area contributed by atoms with Crippen LogP contribution in [-0.2, 0) is 9.47 Å². The van der Waals surface area contributed by atoms with Crippen LogP contribution in [0, 0.1) is 0 Å². The lowest BCUT2D eigenvalue weighted by Gasteiger charge is -2.16. The van der Waals surface area contributed by atoms with Crippen LogP contribution >= 0.6 is 0 Å². The molecule has 88 valence electrons. The van der Waals surface area contributed by atoms with E-state index in [1.54, 1.807) is 20.2 Å². The molecule has 0 aromatic carbocycles. The van der Waals surface area contributed by atoms with Gasteiger partial charge in [0.2, 0.25) is 0 Å². The van der Waals surface area contributed by atoms with Crippen molar-refractivity contribution >= 4 is 6.09 Å². The molecule has 0 bridgehead atoms. The molecule has 5 nitrogen and oxygen atoms in total. The topological polar surface area (TPSA) is 50.8 Å². The van der Waals surface area contributed by atoms with Crippen LogP contribution < -0.4 is 5.32 Å². The third-order valence-corrected chi connectivity index (χ3v) is 1.93. The number of likely N-dealkylation sites (N-methyl/N-ethyl adjacent to an activating group) is 2. The molecule has 0 saturated carbocycles. The molecule has 0 heterocycles. The fourth-order valence-corrected chi connectivity index (χ4v) is 0.874. The molecular formula is C10H20N2O3. The number of carbonyl (C=O) groups is 1. The maximum absolute atomic E-state index is 11.4. The van der Waals surface area contributed by atoms with Crippen LogP contribution in [0.15, 0.2) is 11.8 Å². The molecule has 0 aromatic rings. The molecule has 5 heteroatoms. The number of nitrogens with one attached hydrogen (secondary N) is 1. The highest BCUT2D eigenvalue weighted by molar-refractivity contribution is 5.67. The quantitative estimate of drug-likeness (QED) is 0.668. The molecule has 0 aliphatic heterocycles. The molecule has 1 amide bonds. The number of allylic oxidation sites excluding steroid dienone is 1. The first-order valence-electron chi connectivity index (χ1n) is 4.87. The number of ether oxygens (including phenoxy) is 2. The zero-order valence-electron chi connectivity index (χ0n) is 9.87. The van der Waals surface area contributed by atoms with Gasteiger partial charge in [-0.2, -0.15) is 0 Å². The van der Waals surface area contributed by atoms with Crippen molar-refractivity contribution in [3.8, 4) is 0 Å². The fraction of sp³-hybridized carbons (Fsp3) is 0.700. The van der Waals surface area contributed by atoms with E-state index in [4.69, 9.17) is 9.47 Å². The summed E-state index contributed by atoms with van der Waals surface area (Å²) in [4.78, 5) is 12.9. The Hall–Kier alpha value is -1.23. The summed E-state index contributed by atoms with van der Waals surface area (Å²) in [6.45, 7) is 3.37. The molecule has 0 rings (SSSR count). The van der Waals surface area contributed by atoms with E-state index in [9.17, 15) is 4.79 Å². The number of hydrogen-bond donors (Lipinski definition) is 1. The van der Waals surface area contributed by atoms with Crippen molar-refractivity contribution in [1.29, 1.82) is 0 Å². The van der Waals surface area contributed by atoms with Gasteiger partial charge in [0.25, 0.3) is 0 Å².